The summed E-state index contributed by atoms with van der Waals surface area (Å²) >= 11 is 1.61. The van der Waals surface area contributed by atoms with Crippen LogP contribution < -0.4 is 19.9 Å². The number of aliphatic hydroxyl groups excluding tert-OH is 1. The van der Waals surface area contributed by atoms with Crippen LogP contribution in [0.4, 0.5) is 11.4 Å². The number of aryl methyl sites for hydroxylation is 1. The van der Waals surface area contributed by atoms with Gasteiger partial charge in [-0.1, -0.05) is 11.3 Å². The van der Waals surface area contributed by atoms with Crippen molar-refractivity contribution in [2.24, 2.45) is 12.1 Å². The van der Waals surface area contributed by atoms with Crippen molar-refractivity contribution in [1.29, 1.82) is 0 Å². The highest BCUT2D eigenvalue weighted by atomic mass is 32.1. The molecule has 2 aromatic carbocycles. The Morgan fingerprint density at radius 3 is 2.65 bits per heavy atom. The van der Waals surface area contributed by atoms with Gasteiger partial charge < -0.3 is 19.3 Å². The summed E-state index contributed by atoms with van der Waals surface area (Å²) in [6.45, 7) is 3.72. The van der Waals surface area contributed by atoms with Crippen LogP contribution in [0.25, 0.3) is 10.2 Å². The molecular weight excluding hydrogens is 348 g/mol. The number of hydrogen-bond donors (Lipinski definition) is 2. The Bertz CT molecular complexity index is 931. The number of ether oxygens (including phenoxy) is 1. The van der Waals surface area contributed by atoms with Crippen molar-refractivity contribution in [3.05, 3.63) is 47.3 Å². The number of aliphatic hydroxyl groups is 1. The highest BCUT2D eigenvalue weighted by molar-refractivity contribution is 7.16. The Hall–Kier alpha value is -2.51. The second-order valence-electron chi connectivity index (χ2n) is 5.85. The van der Waals surface area contributed by atoms with E-state index in [1.807, 2.05) is 49.5 Å². The number of hydrogen-bond acceptors (Lipinski definition) is 6. The molecule has 0 saturated heterocycles. The van der Waals surface area contributed by atoms with Crippen LogP contribution in [0.3, 0.4) is 0 Å². The summed E-state index contributed by atoms with van der Waals surface area (Å²) in [5, 5.41) is 13.7. The Balaban J connectivity index is 1.81. The zero-order valence-electron chi connectivity index (χ0n) is 15.3. The average molecular weight is 372 g/mol. The van der Waals surface area contributed by atoms with Gasteiger partial charge in [-0.3, -0.25) is 5.43 Å². The van der Waals surface area contributed by atoms with Crippen molar-refractivity contribution in [3.8, 4) is 5.75 Å². The highest BCUT2D eigenvalue weighted by Crippen LogP contribution is 2.22. The lowest BCUT2D eigenvalue weighted by atomic mass is 10.2. The second kappa shape index (κ2) is 8.25. The molecule has 1 aromatic heterocycles. The van der Waals surface area contributed by atoms with Crippen LogP contribution in [-0.2, 0) is 7.05 Å². The molecule has 1 heterocycles. The SMILES string of the molecule is CCN(CCO)c1ccc(NN=c2sc3cc(OC)ccc3n2C)cc1. The summed E-state index contributed by atoms with van der Waals surface area (Å²) in [4.78, 5) is 3.01. The van der Waals surface area contributed by atoms with Crippen molar-refractivity contribution in [3.63, 3.8) is 0 Å². The molecule has 2 N–H and O–H groups in total. The molecule has 0 spiro atoms. The largest absolute Gasteiger partial charge is 0.497 e. The minimum absolute atomic E-state index is 0.149. The normalized spacial score (nSPS) is 11.8. The Morgan fingerprint density at radius 2 is 2.00 bits per heavy atom. The number of fused-ring (bicyclic) bond motifs is 1. The van der Waals surface area contributed by atoms with Crippen LogP contribution in [-0.4, -0.2) is 36.5 Å². The van der Waals surface area contributed by atoms with Crippen LogP contribution in [0.1, 0.15) is 6.92 Å². The first-order valence-corrected chi connectivity index (χ1v) is 9.37. The lowest BCUT2D eigenvalue weighted by molar-refractivity contribution is 0.302. The van der Waals surface area contributed by atoms with Gasteiger partial charge in [0.15, 0.2) is 0 Å². The van der Waals surface area contributed by atoms with E-state index in [1.54, 1.807) is 18.4 Å². The smallest absolute Gasteiger partial charge is 0.208 e. The Kier molecular flexibility index (Phi) is 5.80. The molecular formula is C19H24N4O2S. The fourth-order valence-corrected chi connectivity index (χ4v) is 3.81. The molecule has 0 amide bonds. The predicted octanol–water partition coefficient (Wildman–Crippen LogP) is 2.99. The van der Waals surface area contributed by atoms with Crippen LogP contribution in [0, 0.1) is 0 Å². The molecule has 0 atom stereocenters. The molecule has 138 valence electrons. The van der Waals surface area contributed by atoms with Gasteiger partial charge in [0.05, 0.1) is 29.6 Å². The van der Waals surface area contributed by atoms with E-state index in [0.29, 0.717) is 6.54 Å². The van der Waals surface area contributed by atoms with Crippen molar-refractivity contribution in [2.45, 2.75) is 6.92 Å². The van der Waals surface area contributed by atoms with Crippen molar-refractivity contribution in [2.75, 3.05) is 37.1 Å². The highest BCUT2D eigenvalue weighted by Gasteiger charge is 2.05. The molecule has 0 bridgehead atoms. The molecule has 7 heteroatoms. The summed E-state index contributed by atoms with van der Waals surface area (Å²) in [5.74, 6) is 0.845. The third-order valence-corrected chi connectivity index (χ3v) is 5.38. The van der Waals surface area contributed by atoms with E-state index in [4.69, 9.17) is 9.84 Å². The van der Waals surface area contributed by atoms with E-state index in [9.17, 15) is 0 Å². The van der Waals surface area contributed by atoms with E-state index in [0.717, 1.165) is 38.7 Å². The molecule has 0 unspecified atom stereocenters. The van der Waals surface area contributed by atoms with Crippen molar-refractivity contribution in [1.82, 2.24) is 4.57 Å². The first kappa shape index (κ1) is 18.3. The third-order valence-electron chi connectivity index (χ3n) is 4.28. The Morgan fingerprint density at radius 1 is 1.23 bits per heavy atom. The number of thiazole rings is 1. The maximum atomic E-state index is 9.13. The van der Waals surface area contributed by atoms with Gasteiger partial charge in [-0.25, -0.2) is 0 Å². The molecule has 6 nitrogen and oxygen atoms in total. The maximum Gasteiger partial charge on any atom is 0.208 e. The third kappa shape index (κ3) is 3.84. The van der Waals surface area contributed by atoms with Crippen LogP contribution in [0.5, 0.6) is 5.75 Å². The zero-order valence-corrected chi connectivity index (χ0v) is 16.1. The van der Waals surface area contributed by atoms with Crippen LogP contribution >= 0.6 is 11.3 Å². The molecule has 0 aliphatic carbocycles. The standard InChI is InChI=1S/C19H24N4O2S/c1-4-23(11-12-24)15-7-5-14(6-8-15)20-21-19-22(2)17-10-9-16(25-3)13-18(17)26-19/h5-10,13,20,24H,4,11-12H2,1-3H3. The molecule has 26 heavy (non-hydrogen) atoms. The number of benzene rings is 2. The molecule has 3 rings (SSSR count). The summed E-state index contributed by atoms with van der Waals surface area (Å²) in [6.07, 6.45) is 0. The lowest BCUT2D eigenvalue weighted by Crippen LogP contribution is -2.25. The summed E-state index contributed by atoms with van der Waals surface area (Å²) in [7, 11) is 3.68. The number of methoxy groups -OCH3 is 1. The Labute approximate surface area is 157 Å². The van der Waals surface area contributed by atoms with Gasteiger partial charge in [0.2, 0.25) is 4.80 Å². The van der Waals surface area contributed by atoms with Gasteiger partial charge in [0, 0.05) is 25.8 Å². The van der Waals surface area contributed by atoms with Crippen molar-refractivity contribution >= 4 is 32.9 Å². The van der Waals surface area contributed by atoms with Gasteiger partial charge in [-0.2, -0.15) is 0 Å². The van der Waals surface area contributed by atoms with E-state index in [1.165, 1.54) is 0 Å². The number of rotatable bonds is 7. The fourth-order valence-electron chi connectivity index (χ4n) is 2.80. The van der Waals surface area contributed by atoms with E-state index < -0.39 is 0 Å². The topological polar surface area (TPSA) is 62.0 Å². The summed E-state index contributed by atoms with van der Waals surface area (Å²) in [5.41, 5.74) is 6.25. The van der Waals surface area contributed by atoms with Crippen LogP contribution in [0.15, 0.2) is 47.6 Å². The quantitative estimate of drug-likeness (QED) is 0.626. The number of aromatic nitrogens is 1. The van der Waals surface area contributed by atoms with Crippen LogP contribution in [0.2, 0.25) is 0 Å². The minimum atomic E-state index is 0.149. The van der Waals surface area contributed by atoms with Gasteiger partial charge in [0.25, 0.3) is 0 Å². The number of nitrogens with one attached hydrogen (secondary N) is 1. The first-order valence-electron chi connectivity index (χ1n) is 8.55. The molecule has 3 aromatic rings. The lowest BCUT2D eigenvalue weighted by Gasteiger charge is -2.22. The molecule has 0 aliphatic rings. The number of likely N-dealkylation sites (N-methyl/N-ethyl adjacent to an activating group) is 1. The number of anilines is 2. The molecule has 0 fully saturated rings. The fraction of sp³-hybridized carbons (Fsp3) is 0.316. The summed E-state index contributed by atoms with van der Waals surface area (Å²) < 4.78 is 8.48. The predicted molar refractivity (Wildman–Crippen MR) is 108 cm³/mol. The maximum absolute atomic E-state index is 9.13. The summed E-state index contributed by atoms with van der Waals surface area (Å²) in [6, 6.07) is 14.1. The van der Waals surface area contributed by atoms with Gasteiger partial charge in [0.1, 0.15) is 5.75 Å². The molecule has 0 aliphatic heterocycles. The van der Waals surface area contributed by atoms with Gasteiger partial charge >= 0.3 is 0 Å². The van der Waals surface area contributed by atoms with E-state index in [2.05, 4.69) is 26.9 Å². The molecule has 0 radical (unpaired) electrons. The molecule has 0 saturated carbocycles. The van der Waals surface area contributed by atoms with Crippen molar-refractivity contribution < 1.29 is 9.84 Å². The van der Waals surface area contributed by atoms with E-state index in [-0.39, 0.29) is 6.61 Å². The number of nitrogens with zero attached hydrogens (tertiary/aromatic N) is 3. The second-order valence-corrected chi connectivity index (χ2v) is 6.86. The van der Waals surface area contributed by atoms with E-state index >= 15 is 0 Å². The van der Waals surface area contributed by atoms with Gasteiger partial charge in [-0.15, -0.1) is 5.10 Å². The van der Waals surface area contributed by atoms with Gasteiger partial charge in [-0.05, 0) is 49.4 Å². The minimum Gasteiger partial charge on any atom is -0.497 e. The average Bonchev–Trinajstić information content (AvgIpc) is 3.00. The monoisotopic (exact) mass is 372 g/mol. The zero-order chi connectivity index (χ0) is 18.5. The first-order chi connectivity index (χ1) is 12.7.